The van der Waals surface area contributed by atoms with Gasteiger partial charge in [-0.2, -0.15) is 0 Å². The number of non-ortho nitro benzene ring substituents is 1. The fourth-order valence-corrected chi connectivity index (χ4v) is 4.05. The van der Waals surface area contributed by atoms with Crippen molar-refractivity contribution >= 4 is 27.6 Å². The zero-order valence-corrected chi connectivity index (χ0v) is 13.2. The van der Waals surface area contributed by atoms with Gasteiger partial charge in [0.2, 0.25) is 5.89 Å². The third-order valence-corrected chi connectivity index (χ3v) is 6.02. The molecule has 0 unspecified atom stereocenters. The van der Waals surface area contributed by atoms with Gasteiger partial charge in [0.1, 0.15) is 5.52 Å². The maximum atomic E-state index is 11.8. The highest BCUT2D eigenvalue weighted by Crippen LogP contribution is 2.24. The van der Waals surface area contributed by atoms with Crippen molar-refractivity contribution in [2.45, 2.75) is 31.7 Å². The van der Waals surface area contributed by atoms with Gasteiger partial charge in [0.25, 0.3) is 5.69 Å². The van der Waals surface area contributed by atoms with Gasteiger partial charge in [-0.05, 0) is 19.9 Å². The van der Waals surface area contributed by atoms with Gasteiger partial charge >= 0.3 is 0 Å². The second-order valence-electron chi connectivity index (χ2n) is 5.52. The Balaban J connectivity index is 1.82. The number of hydrogen-bond acceptors (Lipinski definition) is 6. The molecule has 1 aliphatic rings. The quantitative estimate of drug-likeness (QED) is 0.634. The summed E-state index contributed by atoms with van der Waals surface area (Å²) in [5.41, 5.74) is 1.04. The summed E-state index contributed by atoms with van der Waals surface area (Å²) in [6.07, 6.45) is 0. The molecule has 2 heterocycles. The van der Waals surface area contributed by atoms with E-state index in [0.717, 1.165) is 6.54 Å². The van der Waals surface area contributed by atoms with E-state index in [-0.39, 0.29) is 17.0 Å². The van der Waals surface area contributed by atoms with Crippen molar-refractivity contribution in [1.82, 2.24) is 9.88 Å². The number of rotatable bonds is 3. The molecule has 8 heteroatoms. The summed E-state index contributed by atoms with van der Waals surface area (Å²) < 4.78 is 17.5. The van der Waals surface area contributed by atoms with E-state index in [2.05, 4.69) is 16.8 Å². The highest BCUT2D eigenvalue weighted by atomic mass is 32.2. The van der Waals surface area contributed by atoms with E-state index in [1.807, 2.05) is 6.92 Å². The van der Waals surface area contributed by atoms with Crippen LogP contribution >= 0.6 is 0 Å². The molecule has 1 aliphatic heterocycles. The van der Waals surface area contributed by atoms with E-state index < -0.39 is 15.7 Å². The first-order valence-corrected chi connectivity index (χ1v) is 8.49. The molecule has 3 rings (SSSR count). The van der Waals surface area contributed by atoms with E-state index in [0.29, 0.717) is 29.3 Å². The highest BCUT2D eigenvalue weighted by Gasteiger charge is 2.30. The van der Waals surface area contributed by atoms with E-state index in [1.54, 1.807) is 6.07 Å². The largest absolute Gasteiger partial charge is 0.439 e. The fraction of sp³-hybridized carbons (Fsp3) is 0.500. The van der Waals surface area contributed by atoms with Crippen LogP contribution in [-0.4, -0.2) is 42.6 Å². The molecule has 0 radical (unpaired) electrons. The summed E-state index contributed by atoms with van der Waals surface area (Å²) in [6, 6.07) is 4.58. The first-order valence-electron chi connectivity index (χ1n) is 7.11. The van der Waals surface area contributed by atoms with Gasteiger partial charge < -0.3 is 4.42 Å². The molecule has 7 nitrogen and oxygen atoms in total. The normalized spacial score (nSPS) is 26.4. The molecule has 118 valence electrons. The molecule has 0 saturated carbocycles. The zero-order valence-electron chi connectivity index (χ0n) is 12.4. The van der Waals surface area contributed by atoms with E-state index in [1.165, 1.54) is 12.1 Å². The summed E-state index contributed by atoms with van der Waals surface area (Å²) in [5, 5.41) is 10.9. The topological polar surface area (TPSA) is 89.5 Å². The van der Waals surface area contributed by atoms with Crippen molar-refractivity contribution in [3.8, 4) is 0 Å². The Kier molecular flexibility index (Phi) is 3.96. The fourth-order valence-electron chi connectivity index (χ4n) is 2.65. The number of benzene rings is 1. The summed E-state index contributed by atoms with van der Waals surface area (Å²) in [6.45, 7) is 5.29. The molecule has 1 aromatic carbocycles. The second kappa shape index (κ2) is 5.77. The number of nitro groups is 1. The molecular formula is C14H17N3O4S. The minimum atomic E-state index is -0.785. The van der Waals surface area contributed by atoms with Crippen molar-refractivity contribution in [3.05, 3.63) is 34.2 Å². The summed E-state index contributed by atoms with van der Waals surface area (Å²) in [4.78, 5) is 16.9. The monoisotopic (exact) mass is 323 g/mol. The Morgan fingerprint density at radius 1 is 1.50 bits per heavy atom. The molecule has 1 aromatic heterocycles. The van der Waals surface area contributed by atoms with Gasteiger partial charge in [0.15, 0.2) is 5.58 Å². The lowest BCUT2D eigenvalue weighted by Gasteiger charge is -2.36. The standard InChI is InChI=1S/C14H17N3O4S/c1-9-10(2)22(20)6-5-16(9)8-14-15-12-7-11(17(18)19)3-4-13(12)21-14/h3-4,7,9-10H,5-6,8H2,1-2H3/t9-,10+,22-/m1/s1. The van der Waals surface area contributed by atoms with Crippen molar-refractivity contribution in [2.75, 3.05) is 12.3 Å². The number of nitro benzene ring substituents is 1. The average Bonchev–Trinajstić information content (AvgIpc) is 2.89. The Bertz CT molecular complexity index is 745. The Labute approximate surface area is 129 Å². The lowest BCUT2D eigenvalue weighted by Crippen LogP contribution is -2.49. The Morgan fingerprint density at radius 3 is 3.00 bits per heavy atom. The molecule has 3 atom stereocenters. The van der Waals surface area contributed by atoms with Crippen LogP contribution in [0.2, 0.25) is 0 Å². The van der Waals surface area contributed by atoms with Gasteiger partial charge in [0, 0.05) is 46.5 Å². The maximum absolute atomic E-state index is 11.8. The molecule has 2 aromatic rings. The van der Waals surface area contributed by atoms with Gasteiger partial charge in [-0.15, -0.1) is 0 Å². The minimum Gasteiger partial charge on any atom is -0.439 e. The summed E-state index contributed by atoms with van der Waals surface area (Å²) >= 11 is 0. The smallest absolute Gasteiger partial charge is 0.271 e. The average molecular weight is 323 g/mol. The maximum Gasteiger partial charge on any atom is 0.271 e. The Hall–Kier alpha value is -1.80. The van der Waals surface area contributed by atoms with Crippen LogP contribution in [-0.2, 0) is 17.3 Å². The van der Waals surface area contributed by atoms with Crippen molar-refractivity contribution in [1.29, 1.82) is 0 Å². The molecule has 0 aliphatic carbocycles. The second-order valence-corrected chi connectivity index (χ2v) is 7.43. The molecule has 0 spiro atoms. The first-order chi connectivity index (χ1) is 10.5. The van der Waals surface area contributed by atoms with Crippen LogP contribution in [0.15, 0.2) is 22.6 Å². The first kappa shape index (κ1) is 15.1. The third kappa shape index (κ3) is 2.76. The predicted molar refractivity (Wildman–Crippen MR) is 83.0 cm³/mol. The summed E-state index contributed by atoms with van der Waals surface area (Å²) in [5.74, 6) is 1.18. The lowest BCUT2D eigenvalue weighted by molar-refractivity contribution is -0.384. The van der Waals surface area contributed by atoms with Crippen LogP contribution < -0.4 is 0 Å². The number of oxazole rings is 1. The van der Waals surface area contributed by atoms with Gasteiger partial charge in [0.05, 0.1) is 11.5 Å². The molecule has 1 fully saturated rings. The number of nitrogens with zero attached hydrogens (tertiary/aromatic N) is 3. The van der Waals surface area contributed by atoms with Crippen molar-refractivity contribution in [3.63, 3.8) is 0 Å². The molecule has 0 amide bonds. The predicted octanol–water partition coefficient (Wildman–Crippen LogP) is 2.08. The van der Waals surface area contributed by atoms with E-state index in [9.17, 15) is 14.3 Å². The van der Waals surface area contributed by atoms with Crippen LogP contribution in [0.3, 0.4) is 0 Å². The zero-order chi connectivity index (χ0) is 15.9. The van der Waals surface area contributed by atoms with Gasteiger partial charge in [-0.1, -0.05) is 0 Å². The van der Waals surface area contributed by atoms with Crippen molar-refractivity contribution in [2.24, 2.45) is 0 Å². The van der Waals surface area contributed by atoms with Gasteiger partial charge in [-0.3, -0.25) is 19.2 Å². The molecule has 0 N–H and O–H groups in total. The molecule has 0 bridgehead atoms. The Morgan fingerprint density at radius 2 is 2.27 bits per heavy atom. The molecular weight excluding hydrogens is 306 g/mol. The molecule has 22 heavy (non-hydrogen) atoms. The number of aromatic nitrogens is 1. The highest BCUT2D eigenvalue weighted by molar-refractivity contribution is 7.85. The lowest BCUT2D eigenvalue weighted by atomic mass is 10.2. The van der Waals surface area contributed by atoms with E-state index >= 15 is 0 Å². The SMILES string of the molecule is C[C@@H]1[C@H](C)[S@](=O)CCN1Cc1nc2cc([N+](=O)[O-])ccc2o1. The minimum absolute atomic E-state index is 0.00251. The summed E-state index contributed by atoms with van der Waals surface area (Å²) in [7, 11) is -0.785. The van der Waals surface area contributed by atoms with Crippen LogP contribution in [0.1, 0.15) is 19.7 Å². The van der Waals surface area contributed by atoms with Gasteiger partial charge in [-0.25, -0.2) is 4.98 Å². The van der Waals surface area contributed by atoms with Crippen LogP contribution in [0.5, 0.6) is 0 Å². The molecule has 1 saturated heterocycles. The van der Waals surface area contributed by atoms with Crippen LogP contribution in [0.25, 0.3) is 11.1 Å². The number of fused-ring (bicyclic) bond motifs is 1. The number of hydrogen-bond donors (Lipinski definition) is 0. The van der Waals surface area contributed by atoms with Crippen LogP contribution in [0, 0.1) is 10.1 Å². The van der Waals surface area contributed by atoms with E-state index in [4.69, 9.17) is 4.42 Å². The third-order valence-electron chi connectivity index (χ3n) is 4.21. The van der Waals surface area contributed by atoms with Crippen molar-refractivity contribution < 1.29 is 13.5 Å². The van der Waals surface area contributed by atoms with Crippen LogP contribution in [0.4, 0.5) is 5.69 Å².